The number of hydrogen-bond donors (Lipinski definition) is 1. The van der Waals surface area contributed by atoms with Crippen molar-refractivity contribution in [3.05, 3.63) is 65.6 Å². The third-order valence-corrected chi connectivity index (χ3v) is 7.13. The molecule has 192 valence electrons. The van der Waals surface area contributed by atoms with Gasteiger partial charge in [-0.1, -0.05) is 23.7 Å². The second-order valence-electron chi connectivity index (χ2n) is 9.02. The normalized spacial score (nSPS) is 15.1. The Kier molecular flexibility index (Phi) is 7.25. The van der Waals surface area contributed by atoms with Crippen molar-refractivity contribution in [2.24, 2.45) is 0 Å². The lowest BCUT2D eigenvalue weighted by atomic mass is 9.89. The van der Waals surface area contributed by atoms with Crippen molar-refractivity contribution < 1.29 is 14.3 Å². The molecule has 1 saturated heterocycles. The van der Waals surface area contributed by atoms with Crippen LogP contribution in [0.3, 0.4) is 0 Å². The minimum Gasteiger partial charge on any atom is -0.495 e. The van der Waals surface area contributed by atoms with Crippen LogP contribution >= 0.6 is 11.6 Å². The summed E-state index contributed by atoms with van der Waals surface area (Å²) in [5.41, 5.74) is 4.09. The first-order valence-corrected chi connectivity index (χ1v) is 12.6. The molecule has 1 fully saturated rings. The van der Waals surface area contributed by atoms with Crippen LogP contribution in [-0.2, 0) is 9.53 Å². The highest BCUT2D eigenvalue weighted by Gasteiger charge is 2.27. The average Bonchev–Trinajstić information content (AvgIpc) is 3.37. The number of rotatable bonds is 7. The van der Waals surface area contributed by atoms with Gasteiger partial charge in [0, 0.05) is 26.4 Å². The van der Waals surface area contributed by atoms with Crippen LogP contribution in [0.1, 0.15) is 31.2 Å². The molecule has 3 aromatic heterocycles. The molecule has 4 heterocycles. The molecule has 1 atom stereocenters. The maximum absolute atomic E-state index is 12.4. The van der Waals surface area contributed by atoms with Gasteiger partial charge in [0.15, 0.2) is 0 Å². The lowest BCUT2D eigenvalue weighted by Gasteiger charge is -2.33. The molecule has 1 N–H and O–H groups in total. The van der Waals surface area contributed by atoms with Gasteiger partial charge >= 0.3 is 0 Å². The van der Waals surface area contributed by atoms with Crippen LogP contribution in [0.25, 0.3) is 17.0 Å². The highest BCUT2D eigenvalue weighted by Crippen LogP contribution is 2.35. The lowest BCUT2D eigenvalue weighted by Crippen LogP contribution is -2.43. The lowest BCUT2D eigenvalue weighted by molar-refractivity contribution is -0.142. The van der Waals surface area contributed by atoms with Gasteiger partial charge < -0.3 is 19.7 Å². The Balaban J connectivity index is 1.33. The number of halogens is 1. The van der Waals surface area contributed by atoms with Gasteiger partial charge in [-0.2, -0.15) is 0 Å². The number of carbonyl (C=O) groups excluding carboxylic acids is 1. The van der Waals surface area contributed by atoms with E-state index >= 15 is 0 Å². The molecule has 1 aromatic carbocycles. The Morgan fingerprint density at radius 3 is 2.70 bits per heavy atom. The number of hydrogen-bond acceptors (Lipinski definition) is 7. The molecule has 0 radical (unpaired) electrons. The number of ether oxygens (including phenoxy) is 2. The summed E-state index contributed by atoms with van der Waals surface area (Å²) in [6.07, 6.45) is 6.61. The van der Waals surface area contributed by atoms with Crippen LogP contribution in [-0.4, -0.2) is 63.6 Å². The summed E-state index contributed by atoms with van der Waals surface area (Å²) in [6.45, 7) is 3.21. The number of amides is 1. The standard InChI is InChI=1S/C27H29ClN6O3/c1-17(36-2)26(35)33-12-9-18(10-13-33)19-7-8-21(23(14-19)37-3)31-27-30-15-20(28)25(32-27)22-16-29-24-6-4-5-11-34(22)24/h4-8,11,14-18H,9-10,12-13H2,1-3H3,(H,30,31,32). The third-order valence-electron chi connectivity index (χ3n) is 6.86. The second kappa shape index (κ2) is 10.7. The number of pyridine rings is 1. The Morgan fingerprint density at radius 1 is 1.14 bits per heavy atom. The van der Waals surface area contributed by atoms with E-state index in [9.17, 15) is 4.79 Å². The summed E-state index contributed by atoms with van der Waals surface area (Å²) < 4.78 is 12.8. The zero-order valence-corrected chi connectivity index (χ0v) is 21.8. The molecular formula is C27H29ClN6O3. The molecule has 5 rings (SSSR count). The summed E-state index contributed by atoms with van der Waals surface area (Å²) in [4.78, 5) is 27.8. The number of nitrogens with one attached hydrogen (secondary N) is 1. The van der Waals surface area contributed by atoms with Crippen molar-refractivity contribution in [2.75, 3.05) is 32.6 Å². The first kappa shape index (κ1) is 25.0. The topological polar surface area (TPSA) is 93.9 Å². The molecule has 1 aliphatic heterocycles. The fraction of sp³-hybridized carbons (Fsp3) is 0.333. The maximum atomic E-state index is 12.4. The van der Waals surface area contributed by atoms with E-state index in [1.54, 1.807) is 33.5 Å². The SMILES string of the molecule is COc1cc(C2CCN(C(=O)C(C)OC)CC2)ccc1Nc1ncc(Cl)c(-c2cnc3ccccn23)n1. The predicted molar refractivity (Wildman–Crippen MR) is 143 cm³/mol. The number of aromatic nitrogens is 4. The van der Waals surface area contributed by atoms with E-state index in [0.717, 1.165) is 29.9 Å². The minimum atomic E-state index is -0.412. The molecule has 1 unspecified atom stereocenters. The highest BCUT2D eigenvalue weighted by molar-refractivity contribution is 6.32. The van der Waals surface area contributed by atoms with Gasteiger partial charge in [0.2, 0.25) is 5.95 Å². The summed E-state index contributed by atoms with van der Waals surface area (Å²) in [7, 11) is 3.21. The van der Waals surface area contributed by atoms with Gasteiger partial charge in [-0.05, 0) is 55.5 Å². The molecule has 0 bridgehead atoms. The number of methoxy groups -OCH3 is 2. The van der Waals surface area contributed by atoms with Crippen molar-refractivity contribution in [1.82, 2.24) is 24.3 Å². The first-order chi connectivity index (χ1) is 18.0. The fourth-order valence-electron chi connectivity index (χ4n) is 4.69. The van der Waals surface area contributed by atoms with Gasteiger partial charge in [-0.3, -0.25) is 9.20 Å². The molecular weight excluding hydrogens is 492 g/mol. The van der Waals surface area contributed by atoms with Crippen LogP contribution in [0, 0.1) is 0 Å². The molecule has 37 heavy (non-hydrogen) atoms. The number of anilines is 2. The number of nitrogens with zero attached hydrogens (tertiary/aromatic N) is 5. The molecule has 1 amide bonds. The minimum absolute atomic E-state index is 0.0457. The van der Waals surface area contributed by atoms with Crippen molar-refractivity contribution in [3.63, 3.8) is 0 Å². The van der Waals surface area contributed by atoms with Crippen molar-refractivity contribution >= 4 is 34.8 Å². The summed E-state index contributed by atoms with van der Waals surface area (Å²) in [6, 6.07) is 11.9. The van der Waals surface area contributed by atoms with Crippen LogP contribution in [0.15, 0.2) is 55.0 Å². The second-order valence-corrected chi connectivity index (χ2v) is 9.43. The van der Waals surface area contributed by atoms with Crippen molar-refractivity contribution in [1.29, 1.82) is 0 Å². The predicted octanol–water partition coefficient (Wildman–Crippen LogP) is 4.94. The van der Waals surface area contributed by atoms with E-state index in [-0.39, 0.29) is 5.91 Å². The Hall–Kier alpha value is -3.69. The zero-order valence-electron chi connectivity index (χ0n) is 21.0. The molecule has 1 aliphatic rings. The Bertz CT molecular complexity index is 1420. The smallest absolute Gasteiger partial charge is 0.251 e. The molecule has 0 aliphatic carbocycles. The number of likely N-dealkylation sites (tertiary alicyclic amines) is 1. The number of carbonyl (C=O) groups is 1. The zero-order chi connectivity index (χ0) is 25.9. The van der Waals surface area contributed by atoms with Crippen LogP contribution < -0.4 is 10.1 Å². The van der Waals surface area contributed by atoms with Crippen LogP contribution in [0.2, 0.25) is 5.02 Å². The van der Waals surface area contributed by atoms with Crippen LogP contribution in [0.5, 0.6) is 5.75 Å². The Labute approximate surface area is 220 Å². The highest BCUT2D eigenvalue weighted by atomic mass is 35.5. The summed E-state index contributed by atoms with van der Waals surface area (Å²) >= 11 is 6.46. The largest absolute Gasteiger partial charge is 0.495 e. The summed E-state index contributed by atoms with van der Waals surface area (Å²) in [5.74, 6) is 1.48. The summed E-state index contributed by atoms with van der Waals surface area (Å²) in [5, 5.41) is 3.70. The molecule has 4 aromatic rings. The molecule has 10 heteroatoms. The van der Waals surface area contributed by atoms with Crippen molar-refractivity contribution in [3.8, 4) is 17.1 Å². The van der Waals surface area contributed by atoms with E-state index in [0.29, 0.717) is 41.4 Å². The van der Waals surface area contributed by atoms with E-state index in [1.807, 2.05) is 45.8 Å². The molecule has 9 nitrogen and oxygen atoms in total. The first-order valence-electron chi connectivity index (χ1n) is 12.2. The maximum Gasteiger partial charge on any atom is 0.251 e. The third kappa shape index (κ3) is 5.10. The van der Waals surface area contributed by atoms with Gasteiger partial charge in [-0.15, -0.1) is 0 Å². The van der Waals surface area contributed by atoms with E-state index in [4.69, 9.17) is 21.1 Å². The fourth-order valence-corrected chi connectivity index (χ4v) is 4.88. The Morgan fingerprint density at radius 2 is 1.95 bits per heavy atom. The van der Waals surface area contributed by atoms with Gasteiger partial charge in [0.05, 0.1) is 35.9 Å². The number of piperidine rings is 1. The van der Waals surface area contributed by atoms with E-state index in [2.05, 4.69) is 26.3 Å². The molecule has 0 spiro atoms. The van der Waals surface area contributed by atoms with Crippen LogP contribution in [0.4, 0.5) is 11.6 Å². The quantitative estimate of drug-likeness (QED) is 0.369. The van der Waals surface area contributed by atoms with Gasteiger partial charge in [-0.25, -0.2) is 15.0 Å². The number of imidazole rings is 1. The number of fused-ring (bicyclic) bond motifs is 1. The van der Waals surface area contributed by atoms with Gasteiger partial charge in [0.1, 0.15) is 23.2 Å². The monoisotopic (exact) mass is 520 g/mol. The van der Waals surface area contributed by atoms with Gasteiger partial charge in [0.25, 0.3) is 5.91 Å². The number of benzene rings is 1. The molecule has 0 saturated carbocycles. The van der Waals surface area contributed by atoms with E-state index in [1.165, 1.54) is 5.56 Å². The average molecular weight is 521 g/mol. The van der Waals surface area contributed by atoms with E-state index < -0.39 is 6.10 Å². The van der Waals surface area contributed by atoms with Crippen molar-refractivity contribution in [2.45, 2.75) is 31.8 Å².